The van der Waals surface area contributed by atoms with Gasteiger partial charge in [-0.15, -0.1) is 0 Å². The summed E-state index contributed by atoms with van der Waals surface area (Å²) in [5, 5.41) is 3.45. The fourth-order valence-electron chi connectivity index (χ4n) is 1.65. The molecular weight excluding hydrogens is 186 g/mol. The molecule has 0 saturated carbocycles. The van der Waals surface area contributed by atoms with Crippen molar-refractivity contribution < 1.29 is 0 Å². The zero-order valence-corrected chi connectivity index (χ0v) is 9.95. The minimum Gasteiger partial charge on any atom is -0.337 e. The Hall–Kier alpha value is -1.09. The van der Waals surface area contributed by atoms with Gasteiger partial charge in [-0.2, -0.15) is 0 Å². The maximum absolute atomic E-state index is 4.38. The van der Waals surface area contributed by atoms with Crippen molar-refractivity contribution in [2.24, 2.45) is 7.05 Å². The van der Waals surface area contributed by atoms with Crippen LogP contribution >= 0.6 is 0 Å². The minimum atomic E-state index is 0.294. The van der Waals surface area contributed by atoms with Crippen LogP contribution in [0.4, 0.5) is 0 Å². The molecule has 1 unspecified atom stereocenters. The molecule has 1 N–H and O–H groups in total. The average molecular weight is 207 g/mol. The third-order valence-corrected chi connectivity index (χ3v) is 2.61. The van der Waals surface area contributed by atoms with Gasteiger partial charge in [-0.1, -0.05) is 26.0 Å². The SMILES string of the molecule is C=C(CC)CC(NCC)c1nccn1C. The molecule has 1 heterocycles. The predicted molar refractivity (Wildman–Crippen MR) is 63.7 cm³/mol. The first-order valence-electron chi connectivity index (χ1n) is 5.56. The Morgan fingerprint density at radius 3 is 2.80 bits per heavy atom. The lowest BCUT2D eigenvalue weighted by atomic mass is 10.1. The summed E-state index contributed by atoms with van der Waals surface area (Å²) in [6.07, 6.45) is 5.82. The van der Waals surface area contributed by atoms with Gasteiger partial charge < -0.3 is 9.88 Å². The van der Waals surface area contributed by atoms with Crippen molar-refractivity contribution in [2.75, 3.05) is 6.54 Å². The molecule has 0 aliphatic rings. The first-order valence-corrected chi connectivity index (χ1v) is 5.56. The fourth-order valence-corrected chi connectivity index (χ4v) is 1.65. The van der Waals surface area contributed by atoms with Gasteiger partial charge in [0.2, 0.25) is 0 Å². The minimum absolute atomic E-state index is 0.294. The van der Waals surface area contributed by atoms with Crippen LogP contribution in [0.1, 0.15) is 38.6 Å². The van der Waals surface area contributed by atoms with E-state index in [1.165, 1.54) is 5.57 Å². The van der Waals surface area contributed by atoms with Gasteiger partial charge in [0.05, 0.1) is 6.04 Å². The van der Waals surface area contributed by atoms with Gasteiger partial charge in [0.1, 0.15) is 5.82 Å². The number of hydrogen-bond donors (Lipinski definition) is 1. The lowest BCUT2D eigenvalue weighted by Gasteiger charge is -2.18. The molecule has 0 fully saturated rings. The highest BCUT2D eigenvalue weighted by Crippen LogP contribution is 2.19. The quantitative estimate of drug-likeness (QED) is 0.726. The number of aryl methyl sites for hydroxylation is 1. The second kappa shape index (κ2) is 5.71. The topological polar surface area (TPSA) is 29.9 Å². The highest BCUT2D eigenvalue weighted by atomic mass is 15.1. The van der Waals surface area contributed by atoms with E-state index >= 15 is 0 Å². The van der Waals surface area contributed by atoms with E-state index in [2.05, 4.69) is 35.3 Å². The fraction of sp³-hybridized carbons (Fsp3) is 0.583. The van der Waals surface area contributed by atoms with E-state index in [0.717, 1.165) is 25.2 Å². The molecule has 15 heavy (non-hydrogen) atoms. The van der Waals surface area contributed by atoms with Crippen LogP contribution in [0.3, 0.4) is 0 Å². The Morgan fingerprint density at radius 1 is 1.60 bits per heavy atom. The second-order valence-corrected chi connectivity index (χ2v) is 3.81. The van der Waals surface area contributed by atoms with E-state index in [-0.39, 0.29) is 0 Å². The molecule has 0 aliphatic carbocycles. The third-order valence-electron chi connectivity index (χ3n) is 2.61. The molecule has 1 rings (SSSR count). The zero-order valence-electron chi connectivity index (χ0n) is 9.95. The van der Waals surface area contributed by atoms with E-state index in [1.807, 2.05) is 19.4 Å². The van der Waals surface area contributed by atoms with Crippen LogP contribution in [0.25, 0.3) is 0 Å². The van der Waals surface area contributed by atoms with Crippen molar-refractivity contribution in [3.8, 4) is 0 Å². The maximum Gasteiger partial charge on any atom is 0.125 e. The molecule has 0 saturated heterocycles. The summed E-state index contributed by atoms with van der Waals surface area (Å²) >= 11 is 0. The van der Waals surface area contributed by atoms with Crippen LogP contribution in [0, 0.1) is 0 Å². The van der Waals surface area contributed by atoms with Crippen molar-refractivity contribution in [1.29, 1.82) is 0 Å². The standard InChI is InChI=1S/C12H21N3/c1-5-10(3)9-11(13-6-2)12-14-7-8-15(12)4/h7-8,11,13H,3,5-6,9H2,1-2,4H3. The lowest BCUT2D eigenvalue weighted by Crippen LogP contribution is -2.24. The summed E-state index contributed by atoms with van der Waals surface area (Å²) in [7, 11) is 2.03. The Kier molecular flexibility index (Phi) is 4.56. The predicted octanol–water partition coefficient (Wildman–Crippen LogP) is 2.43. The molecule has 3 nitrogen and oxygen atoms in total. The Balaban J connectivity index is 2.74. The van der Waals surface area contributed by atoms with Gasteiger partial charge in [0.15, 0.2) is 0 Å². The van der Waals surface area contributed by atoms with Crippen molar-refractivity contribution in [2.45, 2.75) is 32.7 Å². The third kappa shape index (κ3) is 3.20. The number of rotatable bonds is 6. The molecule has 0 aliphatic heterocycles. The Labute approximate surface area is 92.2 Å². The van der Waals surface area contributed by atoms with E-state index in [0.29, 0.717) is 6.04 Å². The summed E-state index contributed by atoms with van der Waals surface area (Å²) in [5.41, 5.74) is 1.27. The van der Waals surface area contributed by atoms with Gasteiger partial charge >= 0.3 is 0 Å². The Bertz CT molecular complexity index is 314. The van der Waals surface area contributed by atoms with Crippen LogP contribution in [-0.4, -0.2) is 16.1 Å². The second-order valence-electron chi connectivity index (χ2n) is 3.81. The van der Waals surface area contributed by atoms with E-state index in [1.54, 1.807) is 0 Å². The molecule has 0 radical (unpaired) electrons. The van der Waals surface area contributed by atoms with Gasteiger partial charge in [-0.3, -0.25) is 0 Å². The average Bonchev–Trinajstić information content (AvgIpc) is 2.63. The molecular formula is C12H21N3. The highest BCUT2D eigenvalue weighted by Gasteiger charge is 2.14. The van der Waals surface area contributed by atoms with E-state index in [9.17, 15) is 0 Å². The molecule has 3 heteroatoms. The number of imidazole rings is 1. The first-order chi connectivity index (χ1) is 7.19. The number of hydrogen-bond acceptors (Lipinski definition) is 2. The molecule has 1 aromatic rings. The van der Waals surface area contributed by atoms with Gasteiger partial charge in [0, 0.05) is 19.4 Å². The van der Waals surface area contributed by atoms with Crippen LogP contribution in [0.15, 0.2) is 24.5 Å². The summed E-state index contributed by atoms with van der Waals surface area (Å²) in [6, 6.07) is 0.294. The van der Waals surface area contributed by atoms with Crippen molar-refractivity contribution in [3.63, 3.8) is 0 Å². The van der Waals surface area contributed by atoms with Crippen molar-refractivity contribution in [1.82, 2.24) is 14.9 Å². The summed E-state index contributed by atoms with van der Waals surface area (Å²) < 4.78 is 2.07. The normalized spacial score (nSPS) is 12.7. The zero-order chi connectivity index (χ0) is 11.3. The number of aromatic nitrogens is 2. The molecule has 0 aromatic carbocycles. The molecule has 1 aromatic heterocycles. The van der Waals surface area contributed by atoms with Gasteiger partial charge in [-0.05, 0) is 19.4 Å². The largest absolute Gasteiger partial charge is 0.337 e. The maximum atomic E-state index is 4.38. The van der Waals surface area contributed by atoms with Crippen molar-refractivity contribution >= 4 is 0 Å². The summed E-state index contributed by atoms with van der Waals surface area (Å²) in [6.45, 7) is 9.27. The monoisotopic (exact) mass is 207 g/mol. The van der Waals surface area contributed by atoms with Crippen molar-refractivity contribution in [3.05, 3.63) is 30.4 Å². The Morgan fingerprint density at radius 2 is 2.33 bits per heavy atom. The first kappa shape index (κ1) is 12.0. The van der Waals surface area contributed by atoms with Crippen LogP contribution in [0.2, 0.25) is 0 Å². The number of nitrogens with zero attached hydrogens (tertiary/aromatic N) is 2. The molecule has 84 valence electrons. The van der Waals surface area contributed by atoms with Crippen LogP contribution in [0.5, 0.6) is 0 Å². The molecule has 0 spiro atoms. The highest BCUT2D eigenvalue weighted by molar-refractivity contribution is 5.06. The number of nitrogens with one attached hydrogen (secondary N) is 1. The lowest BCUT2D eigenvalue weighted by molar-refractivity contribution is 0.501. The van der Waals surface area contributed by atoms with Gasteiger partial charge in [-0.25, -0.2) is 4.98 Å². The van der Waals surface area contributed by atoms with Crippen LogP contribution < -0.4 is 5.32 Å². The molecule has 0 amide bonds. The molecule has 1 atom stereocenters. The smallest absolute Gasteiger partial charge is 0.125 e. The molecule has 0 bridgehead atoms. The van der Waals surface area contributed by atoms with Crippen LogP contribution in [-0.2, 0) is 7.05 Å². The van der Waals surface area contributed by atoms with E-state index in [4.69, 9.17) is 0 Å². The van der Waals surface area contributed by atoms with E-state index < -0.39 is 0 Å². The summed E-state index contributed by atoms with van der Waals surface area (Å²) in [4.78, 5) is 4.38. The summed E-state index contributed by atoms with van der Waals surface area (Å²) in [5.74, 6) is 1.09. The van der Waals surface area contributed by atoms with Gasteiger partial charge in [0.25, 0.3) is 0 Å².